The Labute approximate surface area is 173 Å². The van der Waals surface area contributed by atoms with Gasteiger partial charge in [0.2, 0.25) is 11.8 Å². The summed E-state index contributed by atoms with van der Waals surface area (Å²) >= 11 is 0. The molecule has 0 aromatic rings. The Hall–Kier alpha value is -1.97. The molecule has 9 heteroatoms. The lowest BCUT2D eigenvalue weighted by Gasteiger charge is -2.37. The first-order valence-corrected chi connectivity index (χ1v) is 10.3. The van der Waals surface area contributed by atoms with Gasteiger partial charge in [-0.2, -0.15) is 5.53 Å². The third-order valence-electron chi connectivity index (χ3n) is 4.96. The Kier molecular flexibility index (Phi) is 10.9. The first-order chi connectivity index (χ1) is 13.7. The van der Waals surface area contributed by atoms with Gasteiger partial charge in [-0.3, -0.25) is 15.0 Å². The third kappa shape index (κ3) is 8.51. The molecule has 0 saturated carbocycles. The van der Waals surface area contributed by atoms with Gasteiger partial charge in [0.15, 0.2) is 0 Å². The van der Waals surface area contributed by atoms with Crippen LogP contribution < -0.4 is 21.7 Å². The highest BCUT2D eigenvalue weighted by molar-refractivity contribution is 5.90. The number of nitrogens with one attached hydrogen (secondary N) is 4. The molecule has 3 atom stereocenters. The van der Waals surface area contributed by atoms with Gasteiger partial charge in [-0.1, -0.05) is 27.7 Å². The first-order valence-electron chi connectivity index (χ1n) is 10.3. The SMILES string of the molecule is CCC(CC)O[C@@H]1C=C(C(=O)O)C[C@H](C(=O)NNNCCC(C)C)[C@H]1NC(C)=O. The lowest BCUT2D eigenvalue weighted by atomic mass is 9.81. The summed E-state index contributed by atoms with van der Waals surface area (Å²) in [6.07, 6.45) is 3.14. The Morgan fingerprint density at radius 3 is 2.41 bits per heavy atom. The minimum absolute atomic E-state index is 0.00254. The molecule has 0 radical (unpaired) electrons. The van der Waals surface area contributed by atoms with E-state index in [0.29, 0.717) is 12.5 Å². The minimum Gasteiger partial charge on any atom is -0.478 e. The highest BCUT2D eigenvalue weighted by Crippen LogP contribution is 2.29. The van der Waals surface area contributed by atoms with E-state index in [0.717, 1.165) is 19.3 Å². The second-order valence-corrected chi connectivity index (χ2v) is 7.80. The van der Waals surface area contributed by atoms with Crippen LogP contribution in [0, 0.1) is 11.8 Å². The topological polar surface area (TPSA) is 129 Å². The number of rotatable bonds is 12. The molecule has 0 saturated heterocycles. The average Bonchev–Trinajstić information content (AvgIpc) is 2.65. The molecule has 1 aliphatic carbocycles. The van der Waals surface area contributed by atoms with Crippen LogP contribution >= 0.6 is 0 Å². The molecule has 1 rings (SSSR count). The monoisotopic (exact) mass is 412 g/mol. The van der Waals surface area contributed by atoms with Crippen molar-refractivity contribution in [2.24, 2.45) is 11.8 Å². The number of hydrazine groups is 2. The summed E-state index contributed by atoms with van der Waals surface area (Å²) in [6.45, 7) is 10.2. The molecule has 0 bridgehead atoms. The maximum absolute atomic E-state index is 12.8. The second-order valence-electron chi connectivity index (χ2n) is 7.80. The number of hydrogen-bond acceptors (Lipinski definition) is 6. The van der Waals surface area contributed by atoms with Crippen molar-refractivity contribution in [3.63, 3.8) is 0 Å². The quantitative estimate of drug-likeness (QED) is 0.241. The molecule has 9 nitrogen and oxygen atoms in total. The van der Waals surface area contributed by atoms with Gasteiger partial charge < -0.3 is 15.2 Å². The van der Waals surface area contributed by atoms with Crippen LogP contribution in [0.3, 0.4) is 0 Å². The van der Waals surface area contributed by atoms with E-state index in [2.05, 4.69) is 35.6 Å². The van der Waals surface area contributed by atoms with E-state index < -0.39 is 29.9 Å². The number of amides is 2. The van der Waals surface area contributed by atoms with Crippen molar-refractivity contribution in [3.8, 4) is 0 Å². The molecule has 0 unspecified atom stereocenters. The zero-order chi connectivity index (χ0) is 22.0. The van der Waals surface area contributed by atoms with Crippen LogP contribution in [0.4, 0.5) is 0 Å². The van der Waals surface area contributed by atoms with Gasteiger partial charge in [-0.05, 0) is 37.7 Å². The molecule has 0 aromatic heterocycles. The molecule has 0 fully saturated rings. The van der Waals surface area contributed by atoms with Crippen LogP contribution in [0.1, 0.15) is 60.3 Å². The van der Waals surface area contributed by atoms with Gasteiger partial charge in [-0.25, -0.2) is 10.2 Å². The summed E-state index contributed by atoms with van der Waals surface area (Å²) in [6, 6.07) is -0.659. The highest BCUT2D eigenvalue weighted by atomic mass is 16.5. The molecule has 0 aliphatic heterocycles. The number of ether oxygens (including phenoxy) is 1. The number of carbonyl (C=O) groups excluding carboxylic acids is 2. The average molecular weight is 413 g/mol. The Morgan fingerprint density at radius 1 is 1.24 bits per heavy atom. The number of carboxylic acids is 1. The van der Waals surface area contributed by atoms with Crippen molar-refractivity contribution < 1.29 is 24.2 Å². The molecule has 29 heavy (non-hydrogen) atoms. The zero-order valence-electron chi connectivity index (χ0n) is 18.1. The van der Waals surface area contributed by atoms with Gasteiger partial charge in [0.25, 0.3) is 0 Å². The van der Waals surface area contributed by atoms with E-state index in [1.165, 1.54) is 13.0 Å². The van der Waals surface area contributed by atoms with Crippen molar-refractivity contribution in [2.75, 3.05) is 6.54 Å². The van der Waals surface area contributed by atoms with Gasteiger partial charge in [-0.15, -0.1) is 0 Å². The van der Waals surface area contributed by atoms with Gasteiger partial charge >= 0.3 is 5.97 Å². The fourth-order valence-corrected chi connectivity index (χ4v) is 3.24. The van der Waals surface area contributed by atoms with Crippen molar-refractivity contribution in [1.29, 1.82) is 0 Å². The van der Waals surface area contributed by atoms with E-state index in [4.69, 9.17) is 4.74 Å². The largest absolute Gasteiger partial charge is 0.478 e. The Bertz CT molecular complexity index is 589. The Balaban J connectivity index is 2.95. The zero-order valence-corrected chi connectivity index (χ0v) is 18.1. The number of carboxylic acid groups (broad SMARTS) is 1. The normalized spacial score (nSPS) is 21.8. The lowest BCUT2D eigenvalue weighted by Crippen LogP contribution is -2.58. The van der Waals surface area contributed by atoms with E-state index in [-0.39, 0.29) is 24.0 Å². The molecule has 5 N–H and O–H groups in total. The standard InChI is InChI=1S/C20H36N4O5/c1-6-15(7-2)29-17-11-14(20(27)28)10-16(18(17)22-13(5)25)19(26)23-24-21-9-8-12(3)4/h11-12,15-18,21,24H,6-10H2,1-5H3,(H,22,25)(H,23,26)(H,27,28)/t16-,17+,18+/m0/s1. The lowest BCUT2D eigenvalue weighted by molar-refractivity contribution is -0.135. The van der Waals surface area contributed by atoms with Crippen LogP contribution in [-0.4, -0.2) is 47.7 Å². The molecule has 0 spiro atoms. The molecular weight excluding hydrogens is 376 g/mol. The van der Waals surface area contributed by atoms with Gasteiger partial charge in [0, 0.05) is 19.0 Å². The van der Waals surface area contributed by atoms with E-state index >= 15 is 0 Å². The van der Waals surface area contributed by atoms with E-state index in [1.54, 1.807) is 0 Å². The maximum atomic E-state index is 12.8. The van der Waals surface area contributed by atoms with Crippen molar-refractivity contribution >= 4 is 17.8 Å². The molecule has 2 amide bonds. The van der Waals surface area contributed by atoms with Crippen LogP contribution in [-0.2, 0) is 19.1 Å². The molecule has 1 aliphatic rings. The van der Waals surface area contributed by atoms with Crippen molar-refractivity contribution in [1.82, 2.24) is 21.7 Å². The second kappa shape index (κ2) is 12.6. The third-order valence-corrected chi connectivity index (χ3v) is 4.96. The number of aliphatic carboxylic acids is 1. The van der Waals surface area contributed by atoms with Gasteiger partial charge in [0.05, 0.1) is 24.2 Å². The van der Waals surface area contributed by atoms with Crippen LogP contribution in [0.2, 0.25) is 0 Å². The smallest absolute Gasteiger partial charge is 0.331 e. The summed E-state index contributed by atoms with van der Waals surface area (Å²) in [5.74, 6) is -2.07. The number of hydrogen-bond donors (Lipinski definition) is 5. The first kappa shape index (κ1) is 25.1. The van der Waals surface area contributed by atoms with Crippen LogP contribution in [0.5, 0.6) is 0 Å². The van der Waals surface area contributed by atoms with Gasteiger partial charge in [0.1, 0.15) is 0 Å². The molecule has 0 aromatic carbocycles. The van der Waals surface area contributed by atoms with Crippen molar-refractivity contribution in [2.45, 2.75) is 78.6 Å². The van der Waals surface area contributed by atoms with E-state index in [9.17, 15) is 19.5 Å². The number of carbonyl (C=O) groups is 3. The van der Waals surface area contributed by atoms with E-state index in [1.807, 2.05) is 13.8 Å². The van der Waals surface area contributed by atoms with Crippen molar-refractivity contribution in [3.05, 3.63) is 11.6 Å². The Morgan fingerprint density at radius 2 is 1.90 bits per heavy atom. The predicted molar refractivity (Wildman–Crippen MR) is 109 cm³/mol. The maximum Gasteiger partial charge on any atom is 0.331 e. The minimum atomic E-state index is -1.09. The summed E-state index contributed by atoms with van der Waals surface area (Å²) in [7, 11) is 0. The highest BCUT2D eigenvalue weighted by Gasteiger charge is 2.41. The summed E-state index contributed by atoms with van der Waals surface area (Å²) in [5, 5.41) is 12.3. The summed E-state index contributed by atoms with van der Waals surface area (Å²) in [4.78, 5) is 36.2. The summed E-state index contributed by atoms with van der Waals surface area (Å²) in [5.41, 5.74) is 8.24. The van der Waals surface area contributed by atoms with Crippen LogP contribution in [0.25, 0.3) is 0 Å². The fourth-order valence-electron chi connectivity index (χ4n) is 3.24. The summed E-state index contributed by atoms with van der Waals surface area (Å²) < 4.78 is 6.06. The fraction of sp³-hybridized carbons (Fsp3) is 0.750. The molecule has 166 valence electrons. The molecular formula is C20H36N4O5. The van der Waals surface area contributed by atoms with Crippen LogP contribution in [0.15, 0.2) is 11.6 Å². The molecule has 0 heterocycles. The predicted octanol–water partition coefficient (Wildman–Crippen LogP) is 1.27.